The van der Waals surface area contributed by atoms with E-state index in [1.807, 2.05) is 0 Å². The zero-order valence-electron chi connectivity index (χ0n) is 14.1. The van der Waals surface area contributed by atoms with Crippen LogP contribution in [-0.2, 0) is 6.18 Å². The van der Waals surface area contributed by atoms with E-state index in [9.17, 15) is 35.1 Å². The van der Waals surface area contributed by atoms with Crippen LogP contribution in [0.3, 0.4) is 0 Å². The van der Waals surface area contributed by atoms with Crippen molar-refractivity contribution in [3.05, 3.63) is 82.7 Å². The van der Waals surface area contributed by atoms with Crippen molar-refractivity contribution in [3.63, 3.8) is 0 Å². The zero-order valence-corrected chi connectivity index (χ0v) is 14.1. The van der Waals surface area contributed by atoms with E-state index in [4.69, 9.17) is 0 Å². The van der Waals surface area contributed by atoms with Gasteiger partial charge in [0.1, 0.15) is 34.6 Å². The number of hydrogen-bond acceptors (Lipinski definition) is 0. The van der Waals surface area contributed by atoms with Gasteiger partial charge in [0.05, 0.1) is 5.56 Å². The molecule has 0 saturated heterocycles. The van der Waals surface area contributed by atoms with Gasteiger partial charge in [-0.05, 0) is 53.9 Å². The lowest BCUT2D eigenvalue weighted by atomic mass is 9.97. The predicted octanol–water partition coefficient (Wildman–Crippen LogP) is 7.04. The van der Waals surface area contributed by atoms with Crippen LogP contribution in [-0.4, -0.2) is 0 Å². The van der Waals surface area contributed by atoms with Crippen LogP contribution in [0.25, 0.3) is 22.3 Å². The zero-order chi connectivity index (χ0) is 20.8. The highest BCUT2D eigenvalue weighted by atomic mass is 19.4. The van der Waals surface area contributed by atoms with E-state index in [2.05, 4.69) is 0 Å². The summed E-state index contributed by atoms with van der Waals surface area (Å²) in [6, 6.07) is 5.83. The number of alkyl halides is 3. The highest BCUT2D eigenvalue weighted by Gasteiger charge is 2.38. The van der Waals surface area contributed by atoms with Crippen LogP contribution in [0.5, 0.6) is 0 Å². The Labute approximate surface area is 154 Å². The Morgan fingerprint density at radius 3 is 1.57 bits per heavy atom. The van der Waals surface area contributed by atoms with Gasteiger partial charge in [-0.25, -0.2) is 22.0 Å². The molecule has 0 aromatic heterocycles. The molecule has 0 atom stereocenters. The van der Waals surface area contributed by atoms with Crippen molar-refractivity contribution in [1.29, 1.82) is 0 Å². The fraction of sp³-hybridized carbons (Fsp3) is 0.100. The SMILES string of the molecule is Cc1ccc(-c2cc(F)c(-c3cc(F)c(C(F)(F)F)c(F)c3)c(F)c2)c(F)c1. The summed E-state index contributed by atoms with van der Waals surface area (Å²) < 4.78 is 108. The third kappa shape index (κ3) is 3.58. The molecule has 3 rings (SSSR count). The van der Waals surface area contributed by atoms with Gasteiger partial charge < -0.3 is 0 Å². The smallest absolute Gasteiger partial charge is 0.206 e. The average molecular weight is 402 g/mol. The van der Waals surface area contributed by atoms with Crippen molar-refractivity contribution in [1.82, 2.24) is 0 Å². The molecular formula is C20H10F8. The lowest BCUT2D eigenvalue weighted by Crippen LogP contribution is -2.11. The number of halogens is 8. The molecule has 0 aliphatic rings. The van der Waals surface area contributed by atoms with Crippen LogP contribution >= 0.6 is 0 Å². The third-order valence-corrected chi connectivity index (χ3v) is 4.09. The fourth-order valence-corrected chi connectivity index (χ4v) is 2.85. The minimum Gasteiger partial charge on any atom is -0.206 e. The molecule has 8 heteroatoms. The van der Waals surface area contributed by atoms with Crippen LogP contribution in [0.4, 0.5) is 35.1 Å². The first-order valence-corrected chi connectivity index (χ1v) is 7.81. The Hall–Kier alpha value is -2.90. The van der Waals surface area contributed by atoms with Gasteiger partial charge >= 0.3 is 6.18 Å². The predicted molar refractivity (Wildman–Crippen MR) is 86.8 cm³/mol. The van der Waals surface area contributed by atoms with Crippen molar-refractivity contribution >= 4 is 0 Å². The quantitative estimate of drug-likeness (QED) is 0.403. The molecule has 0 aliphatic carbocycles. The molecule has 0 unspecified atom stereocenters. The summed E-state index contributed by atoms with van der Waals surface area (Å²) in [6.07, 6.45) is -5.31. The minimum absolute atomic E-state index is 0.111. The molecule has 0 aliphatic heterocycles. The standard InChI is InChI=1S/C20H10F8/c1-9-2-3-12(13(21)4-9)10-5-14(22)18(15(23)6-10)11-7-16(24)19(17(25)8-11)20(26,27)28/h2-8H,1H3. The first kappa shape index (κ1) is 19.9. The second-order valence-electron chi connectivity index (χ2n) is 6.11. The first-order chi connectivity index (χ1) is 13.0. The molecule has 146 valence electrons. The second kappa shape index (κ2) is 6.92. The summed E-state index contributed by atoms with van der Waals surface area (Å²) in [5.41, 5.74) is -3.55. The van der Waals surface area contributed by atoms with Crippen molar-refractivity contribution in [2.45, 2.75) is 13.1 Å². The van der Waals surface area contributed by atoms with Gasteiger partial charge in [0.25, 0.3) is 0 Å². The highest BCUT2D eigenvalue weighted by Crippen LogP contribution is 2.38. The molecular weight excluding hydrogens is 392 g/mol. The minimum atomic E-state index is -5.31. The van der Waals surface area contributed by atoms with E-state index in [0.29, 0.717) is 5.56 Å². The van der Waals surface area contributed by atoms with E-state index < -0.39 is 52.0 Å². The monoisotopic (exact) mass is 402 g/mol. The topological polar surface area (TPSA) is 0 Å². The number of benzene rings is 3. The van der Waals surface area contributed by atoms with E-state index in [-0.39, 0.29) is 23.3 Å². The van der Waals surface area contributed by atoms with E-state index in [1.165, 1.54) is 12.1 Å². The molecule has 0 heterocycles. The molecule has 0 radical (unpaired) electrons. The van der Waals surface area contributed by atoms with Crippen molar-refractivity contribution in [2.75, 3.05) is 0 Å². The fourth-order valence-electron chi connectivity index (χ4n) is 2.85. The summed E-state index contributed by atoms with van der Waals surface area (Å²) in [4.78, 5) is 0. The molecule has 3 aromatic rings. The van der Waals surface area contributed by atoms with Crippen molar-refractivity contribution in [3.8, 4) is 22.3 Å². The van der Waals surface area contributed by atoms with Crippen molar-refractivity contribution < 1.29 is 35.1 Å². The average Bonchev–Trinajstić information content (AvgIpc) is 2.51. The Bertz CT molecular complexity index is 1020. The summed E-state index contributed by atoms with van der Waals surface area (Å²) >= 11 is 0. The van der Waals surface area contributed by atoms with Crippen molar-refractivity contribution in [2.24, 2.45) is 0 Å². The molecule has 0 spiro atoms. The lowest BCUT2D eigenvalue weighted by molar-refractivity contribution is -0.142. The van der Waals surface area contributed by atoms with Crippen LogP contribution in [0, 0.1) is 36.0 Å². The van der Waals surface area contributed by atoms with Crippen LogP contribution in [0.1, 0.15) is 11.1 Å². The number of hydrogen-bond donors (Lipinski definition) is 0. The summed E-state index contributed by atoms with van der Waals surface area (Å²) in [5, 5.41) is 0. The molecule has 0 saturated carbocycles. The molecule has 0 amide bonds. The van der Waals surface area contributed by atoms with Gasteiger partial charge in [-0.15, -0.1) is 0 Å². The van der Waals surface area contributed by atoms with Crippen LogP contribution in [0.15, 0.2) is 42.5 Å². The largest absolute Gasteiger partial charge is 0.422 e. The lowest BCUT2D eigenvalue weighted by Gasteiger charge is -2.13. The van der Waals surface area contributed by atoms with E-state index in [0.717, 1.165) is 18.2 Å². The molecule has 0 bridgehead atoms. The Morgan fingerprint density at radius 1 is 0.607 bits per heavy atom. The van der Waals surface area contributed by atoms with Gasteiger partial charge in [0.15, 0.2) is 0 Å². The Balaban J connectivity index is 2.15. The summed E-state index contributed by atoms with van der Waals surface area (Å²) in [6.45, 7) is 1.62. The van der Waals surface area contributed by atoms with Crippen LogP contribution in [0.2, 0.25) is 0 Å². The molecule has 0 nitrogen and oxygen atoms in total. The maximum absolute atomic E-state index is 14.5. The van der Waals surface area contributed by atoms with E-state index >= 15 is 0 Å². The highest BCUT2D eigenvalue weighted by molar-refractivity contribution is 5.72. The Kier molecular flexibility index (Phi) is 4.91. The molecule has 28 heavy (non-hydrogen) atoms. The first-order valence-electron chi connectivity index (χ1n) is 7.81. The van der Waals surface area contributed by atoms with Gasteiger partial charge in [0, 0.05) is 5.56 Å². The maximum atomic E-state index is 14.5. The third-order valence-electron chi connectivity index (χ3n) is 4.09. The second-order valence-corrected chi connectivity index (χ2v) is 6.11. The molecule has 3 aromatic carbocycles. The Morgan fingerprint density at radius 2 is 1.11 bits per heavy atom. The molecule has 0 fully saturated rings. The van der Waals surface area contributed by atoms with Crippen LogP contribution < -0.4 is 0 Å². The van der Waals surface area contributed by atoms with E-state index in [1.54, 1.807) is 6.92 Å². The molecule has 0 N–H and O–H groups in total. The number of rotatable bonds is 2. The number of aryl methyl sites for hydroxylation is 1. The summed E-state index contributed by atoms with van der Waals surface area (Å²) in [7, 11) is 0. The van der Waals surface area contributed by atoms with Gasteiger partial charge in [-0.3, -0.25) is 0 Å². The normalized spacial score (nSPS) is 11.8. The summed E-state index contributed by atoms with van der Waals surface area (Å²) in [5.74, 6) is -7.37. The van der Waals surface area contributed by atoms with Gasteiger partial charge in [-0.2, -0.15) is 13.2 Å². The maximum Gasteiger partial charge on any atom is 0.422 e. The van der Waals surface area contributed by atoms with Gasteiger partial charge in [0.2, 0.25) is 0 Å². The van der Waals surface area contributed by atoms with Gasteiger partial charge in [-0.1, -0.05) is 12.1 Å².